The van der Waals surface area contributed by atoms with Gasteiger partial charge in [0.15, 0.2) is 0 Å². The van der Waals surface area contributed by atoms with Crippen molar-refractivity contribution in [2.24, 2.45) is 0 Å². The number of benzene rings is 2. The fourth-order valence-electron chi connectivity index (χ4n) is 2.10. The number of carboxylic acid groups (broad SMARTS) is 2. The SMILES string of the molecule is O=C(O)CCN(c1cccc(C(=O)O)c1)S(=O)(=O)c1ccccc1. The molecule has 0 saturated heterocycles. The third kappa shape index (κ3) is 3.90. The lowest BCUT2D eigenvalue weighted by Gasteiger charge is -2.24. The van der Waals surface area contributed by atoms with Crippen molar-refractivity contribution in [3.8, 4) is 0 Å². The molecule has 0 aliphatic rings. The van der Waals surface area contributed by atoms with Crippen LogP contribution in [0.3, 0.4) is 0 Å². The predicted molar refractivity (Wildman–Crippen MR) is 86.6 cm³/mol. The van der Waals surface area contributed by atoms with Crippen molar-refractivity contribution < 1.29 is 28.2 Å². The summed E-state index contributed by atoms with van der Waals surface area (Å²) in [6.07, 6.45) is -0.413. The van der Waals surface area contributed by atoms with Gasteiger partial charge in [-0.1, -0.05) is 24.3 Å². The van der Waals surface area contributed by atoms with Crippen LogP contribution < -0.4 is 4.31 Å². The van der Waals surface area contributed by atoms with E-state index in [1.54, 1.807) is 18.2 Å². The highest BCUT2D eigenvalue weighted by molar-refractivity contribution is 7.92. The van der Waals surface area contributed by atoms with Crippen LogP contribution in [0.15, 0.2) is 59.5 Å². The summed E-state index contributed by atoms with van der Waals surface area (Å²) in [5, 5.41) is 17.9. The number of aliphatic carboxylic acids is 1. The molecule has 0 aromatic heterocycles. The van der Waals surface area contributed by atoms with Crippen molar-refractivity contribution in [3.63, 3.8) is 0 Å². The topological polar surface area (TPSA) is 112 Å². The first-order valence-corrected chi connectivity index (χ1v) is 8.39. The number of hydrogen-bond donors (Lipinski definition) is 2. The van der Waals surface area contributed by atoms with E-state index in [1.165, 1.54) is 36.4 Å². The molecule has 126 valence electrons. The third-order valence-corrected chi connectivity index (χ3v) is 5.08. The molecule has 2 aromatic carbocycles. The van der Waals surface area contributed by atoms with Crippen LogP contribution in [0.5, 0.6) is 0 Å². The van der Waals surface area contributed by atoms with Gasteiger partial charge in [0.25, 0.3) is 10.0 Å². The van der Waals surface area contributed by atoms with Crippen LogP contribution >= 0.6 is 0 Å². The second kappa shape index (κ2) is 7.14. The fraction of sp³-hybridized carbons (Fsp3) is 0.125. The lowest BCUT2D eigenvalue weighted by atomic mass is 10.2. The van der Waals surface area contributed by atoms with Gasteiger partial charge in [-0.25, -0.2) is 13.2 Å². The molecule has 0 aliphatic carbocycles. The molecule has 2 aromatic rings. The van der Waals surface area contributed by atoms with E-state index in [4.69, 9.17) is 10.2 Å². The van der Waals surface area contributed by atoms with Gasteiger partial charge in [0.2, 0.25) is 0 Å². The maximum atomic E-state index is 12.8. The minimum atomic E-state index is -4.02. The van der Waals surface area contributed by atoms with Crippen LogP contribution in [-0.4, -0.2) is 37.1 Å². The van der Waals surface area contributed by atoms with Gasteiger partial charge in [-0.2, -0.15) is 0 Å². The molecule has 0 amide bonds. The van der Waals surface area contributed by atoms with Gasteiger partial charge < -0.3 is 10.2 Å². The lowest BCUT2D eigenvalue weighted by molar-refractivity contribution is -0.136. The molecule has 2 rings (SSSR count). The van der Waals surface area contributed by atoms with Crippen LogP contribution in [0.4, 0.5) is 5.69 Å². The number of rotatable bonds is 7. The number of carbonyl (C=O) groups is 2. The number of nitrogens with zero attached hydrogens (tertiary/aromatic N) is 1. The van der Waals surface area contributed by atoms with Gasteiger partial charge in [0, 0.05) is 6.54 Å². The first kappa shape index (κ1) is 17.5. The first-order chi connectivity index (χ1) is 11.3. The zero-order valence-corrected chi connectivity index (χ0v) is 13.3. The summed E-state index contributed by atoms with van der Waals surface area (Å²) in [5.74, 6) is -2.36. The molecule has 0 bridgehead atoms. The second-order valence-electron chi connectivity index (χ2n) is 4.89. The second-order valence-corrected chi connectivity index (χ2v) is 6.75. The highest BCUT2D eigenvalue weighted by atomic mass is 32.2. The minimum Gasteiger partial charge on any atom is -0.481 e. The van der Waals surface area contributed by atoms with Crippen molar-refractivity contribution in [3.05, 3.63) is 60.2 Å². The summed E-state index contributed by atoms with van der Waals surface area (Å²) in [7, 11) is -4.02. The van der Waals surface area contributed by atoms with Gasteiger partial charge in [0.1, 0.15) is 0 Å². The van der Waals surface area contributed by atoms with E-state index in [-0.39, 0.29) is 22.7 Å². The molecule has 24 heavy (non-hydrogen) atoms. The van der Waals surface area contributed by atoms with Crippen molar-refractivity contribution in [2.45, 2.75) is 11.3 Å². The summed E-state index contributed by atoms with van der Waals surface area (Å²) in [6, 6.07) is 12.9. The molecule has 0 fully saturated rings. The summed E-state index contributed by atoms with van der Waals surface area (Å²) < 4.78 is 26.5. The molecule has 0 heterocycles. The quantitative estimate of drug-likeness (QED) is 0.791. The number of anilines is 1. The zero-order chi connectivity index (χ0) is 17.7. The Hall–Kier alpha value is -2.87. The molecule has 0 atom stereocenters. The number of aromatic carboxylic acids is 1. The third-order valence-electron chi connectivity index (χ3n) is 3.24. The predicted octanol–water partition coefficient (Wildman–Crippen LogP) is 2.05. The highest BCUT2D eigenvalue weighted by Crippen LogP contribution is 2.25. The number of hydrogen-bond acceptors (Lipinski definition) is 4. The molecule has 0 saturated carbocycles. The molecule has 8 heteroatoms. The Labute approximate surface area is 138 Å². The summed E-state index contributed by atoms with van der Waals surface area (Å²) >= 11 is 0. The maximum Gasteiger partial charge on any atom is 0.335 e. The first-order valence-electron chi connectivity index (χ1n) is 6.95. The largest absolute Gasteiger partial charge is 0.481 e. The Morgan fingerprint density at radius 3 is 2.21 bits per heavy atom. The standard InChI is InChI=1S/C16H15NO6S/c18-15(19)9-10-17(13-6-4-5-12(11-13)16(20)21)24(22,23)14-7-2-1-3-8-14/h1-8,11H,9-10H2,(H,18,19)(H,20,21). The van der Waals surface area contributed by atoms with E-state index in [2.05, 4.69) is 0 Å². The fourth-order valence-corrected chi connectivity index (χ4v) is 3.58. The summed E-state index contributed by atoms with van der Waals surface area (Å²) in [6.45, 7) is -0.310. The summed E-state index contributed by atoms with van der Waals surface area (Å²) in [4.78, 5) is 22.0. The van der Waals surface area contributed by atoms with E-state index >= 15 is 0 Å². The number of sulfonamides is 1. The Bertz CT molecular complexity index is 848. The monoisotopic (exact) mass is 349 g/mol. The van der Waals surface area contributed by atoms with Crippen molar-refractivity contribution in [1.29, 1.82) is 0 Å². The van der Waals surface area contributed by atoms with Crippen LogP contribution in [0.1, 0.15) is 16.8 Å². The number of carboxylic acids is 2. The zero-order valence-electron chi connectivity index (χ0n) is 12.5. The van der Waals surface area contributed by atoms with E-state index < -0.39 is 28.4 Å². The molecule has 0 aliphatic heterocycles. The van der Waals surface area contributed by atoms with Gasteiger partial charge in [0.05, 0.1) is 22.6 Å². The molecule has 2 N–H and O–H groups in total. The van der Waals surface area contributed by atoms with Gasteiger partial charge in [-0.15, -0.1) is 0 Å². The van der Waals surface area contributed by atoms with Crippen LogP contribution in [-0.2, 0) is 14.8 Å². The van der Waals surface area contributed by atoms with E-state index in [0.717, 1.165) is 4.31 Å². The van der Waals surface area contributed by atoms with Crippen molar-refractivity contribution in [1.82, 2.24) is 0 Å². The molecule has 0 unspecified atom stereocenters. The molecular formula is C16H15NO6S. The van der Waals surface area contributed by atoms with Crippen LogP contribution in [0.25, 0.3) is 0 Å². The maximum absolute atomic E-state index is 12.8. The van der Waals surface area contributed by atoms with Crippen LogP contribution in [0.2, 0.25) is 0 Å². The molecule has 0 spiro atoms. The van der Waals surface area contributed by atoms with Crippen LogP contribution in [0, 0.1) is 0 Å². The Kier molecular flexibility index (Phi) is 5.20. The highest BCUT2D eigenvalue weighted by Gasteiger charge is 2.25. The Balaban J connectivity index is 2.51. The van der Waals surface area contributed by atoms with Crippen molar-refractivity contribution >= 4 is 27.6 Å². The molecular weight excluding hydrogens is 334 g/mol. The summed E-state index contributed by atoms with van der Waals surface area (Å²) in [5.41, 5.74) is 0.0103. The average Bonchev–Trinajstić information content (AvgIpc) is 2.55. The minimum absolute atomic E-state index is 0.00360. The van der Waals surface area contributed by atoms with Gasteiger partial charge in [-0.3, -0.25) is 9.10 Å². The van der Waals surface area contributed by atoms with E-state index in [1.807, 2.05) is 0 Å². The van der Waals surface area contributed by atoms with Gasteiger partial charge in [-0.05, 0) is 30.3 Å². The Morgan fingerprint density at radius 1 is 0.958 bits per heavy atom. The Morgan fingerprint density at radius 2 is 1.62 bits per heavy atom. The molecule has 7 nitrogen and oxygen atoms in total. The lowest BCUT2D eigenvalue weighted by Crippen LogP contribution is -2.33. The van der Waals surface area contributed by atoms with E-state index in [0.29, 0.717) is 0 Å². The smallest absolute Gasteiger partial charge is 0.335 e. The van der Waals surface area contributed by atoms with Gasteiger partial charge >= 0.3 is 11.9 Å². The average molecular weight is 349 g/mol. The van der Waals surface area contributed by atoms with Crippen molar-refractivity contribution in [2.75, 3.05) is 10.8 Å². The molecule has 0 radical (unpaired) electrons. The normalized spacial score (nSPS) is 11.0. The van der Waals surface area contributed by atoms with E-state index in [9.17, 15) is 18.0 Å².